The molecule has 0 heterocycles. The van der Waals surface area contributed by atoms with E-state index in [2.05, 4.69) is 10.6 Å². The molecule has 1 amide bonds. The third-order valence-electron chi connectivity index (χ3n) is 3.18. The van der Waals surface area contributed by atoms with E-state index in [9.17, 15) is 4.79 Å². The number of hydrogen-bond donors (Lipinski definition) is 2. The van der Waals surface area contributed by atoms with Gasteiger partial charge >= 0.3 is 0 Å². The van der Waals surface area contributed by atoms with E-state index in [1.165, 1.54) is 6.92 Å². The molecule has 0 aliphatic rings. The predicted octanol–water partition coefficient (Wildman–Crippen LogP) is 4.79. The van der Waals surface area contributed by atoms with Crippen LogP contribution in [0.5, 0.6) is 0 Å². The van der Waals surface area contributed by atoms with Gasteiger partial charge in [0.15, 0.2) is 5.11 Å². The molecule has 0 spiro atoms. The van der Waals surface area contributed by atoms with Gasteiger partial charge in [0.05, 0.1) is 15.7 Å². The third kappa shape index (κ3) is 4.58. The Balaban J connectivity index is 2.03. The summed E-state index contributed by atoms with van der Waals surface area (Å²) in [5, 5.41) is 7.30. The van der Waals surface area contributed by atoms with E-state index in [1.54, 1.807) is 30.1 Å². The van der Waals surface area contributed by atoms with Gasteiger partial charge in [-0.2, -0.15) is 0 Å². The fourth-order valence-corrected chi connectivity index (χ4v) is 2.41. The molecule has 0 atom stereocenters. The van der Waals surface area contributed by atoms with Crippen LogP contribution in [0.3, 0.4) is 0 Å². The lowest BCUT2D eigenvalue weighted by atomic mass is 10.2. The molecule has 23 heavy (non-hydrogen) atoms. The second-order valence-corrected chi connectivity index (χ2v) is 6.00. The van der Waals surface area contributed by atoms with Crippen molar-refractivity contribution in [2.45, 2.75) is 6.92 Å². The summed E-state index contributed by atoms with van der Waals surface area (Å²) in [5.41, 5.74) is 2.23. The highest BCUT2D eigenvalue weighted by Crippen LogP contribution is 2.29. The van der Waals surface area contributed by atoms with Gasteiger partial charge in [-0.25, -0.2) is 0 Å². The van der Waals surface area contributed by atoms with E-state index in [-0.39, 0.29) is 5.91 Å². The van der Waals surface area contributed by atoms with Gasteiger partial charge in [-0.3, -0.25) is 4.79 Å². The minimum atomic E-state index is -0.0292. The van der Waals surface area contributed by atoms with Crippen LogP contribution in [0.25, 0.3) is 0 Å². The monoisotopic (exact) mass is 367 g/mol. The first-order valence-corrected chi connectivity index (χ1v) is 7.91. The first-order chi connectivity index (χ1) is 10.9. The van der Waals surface area contributed by atoms with E-state index >= 15 is 0 Å². The van der Waals surface area contributed by atoms with Crippen LogP contribution in [0.15, 0.2) is 42.5 Å². The zero-order valence-corrected chi connectivity index (χ0v) is 14.9. The molecule has 4 nitrogen and oxygen atoms in total. The van der Waals surface area contributed by atoms with Gasteiger partial charge in [0, 0.05) is 25.3 Å². The Morgan fingerprint density at radius 3 is 2.35 bits per heavy atom. The Hall–Kier alpha value is -1.82. The molecule has 0 unspecified atom stereocenters. The van der Waals surface area contributed by atoms with E-state index < -0.39 is 0 Å². The number of rotatable bonds is 3. The number of carbonyl (C=O) groups is 1. The molecule has 0 aliphatic heterocycles. The average molecular weight is 368 g/mol. The summed E-state index contributed by atoms with van der Waals surface area (Å²) in [6, 6.07) is 12.6. The van der Waals surface area contributed by atoms with Crippen molar-refractivity contribution >= 4 is 63.5 Å². The van der Waals surface area contributed by atoms with Crippen molar-refractivity contribution in [2.24, 2.45) is 0 Å². The molecular formula is C16H15Cl2N3OS. The summed E-state index contributed by atoms with van der Waals surface area (Å²) >= 11 is 17.3. The van der Waals surface area contributed by atoms with Gasteiger partial charge in [0.2, 0.25) is 5.91 Å². The topological polar surface area (TPSA) is 44.4 Å². The van der Waals surface area contributed by atoms with E-state index in [1.807, 2.05) is 24.3 Å². The van der Waals surface area contributed by atoms with Crippen LogP contribution in [0.2, 0.25) is 10.0 Å². The van der Waals surface area contributed by atoms with Crippen molar-refractivity contribution < 1.29 is 4.79 Å². The van der Waals surface area contributed by atoms with Crippen LogP contribution in [0.1, 0.15) is 6.92 Å². The second kappa shape index (κ2) is 7.64. The van der Waals surface area contributed by atoms with Gasteiger partial charge < -0.3 is 15.5 Å². The van der Waals surface area contributed by atoms with Crippen LogP contribution in [0, 0.1) is 0 Å². The Labute approximate surface area is 150 Å². The van der Waals surface area contributed by atoms with Crippen LogP contribution in [-0.4, -0.2) is 18.1 Å². The highest BCUT2D eigenvalue weighted by Gasteiger charge is 2.07. The van der Waals surface area contributed by atoms with E-state index in [4.69, 9.17) is 35.4 Å². The summed E-state index contributed by atoms with van der Waals surface area (Å²) in [4.78, 5) is 12.9. The summed E-state index contributed by atoms with van der Waals surface area (Å²) in [6.07, 6.45) is 0. The van der Waals surface area contributed by atoms with E-state index in [0.29, 0.717) is 20.8 Å². The number of amides is 1. The number of hydrogen-bond acceptors (Lipinski definition) is 2. The lowest BCUT2D eigenvalue weighted by Gasteiger charge is -2.16. The molecule has 0 saturated carbocycles. The van der Waals surface area contributed by atoms with Crippen molar-refractivity contribution in [3.05, 3.63) is 52.5 Å². The molecule has 0 aromatic heterocycles. The number of nitrogens with one attached hydrogen (secondary N) is 2. The molecule has 0 radical (unpaired) electrons. The number of thiocarbonyl (C=S) groups is 1. The number of halogens is 2. The maximum atomic E-state index is 11.3. The SMILES string of the molecule is CC(=O)N(C)c1ccc(NC(=S)Nc2cccc(Cl)c2Cl)cc1. The Kier molecular flexibility index (Phi) is 5.82. The lowest BCUT2D eigenvalue weighted by Crippen LogP contribution is -2.23. The van der Waals surface area contributed by atoms with Crippen molar-refractivity contribution in [1.82, 2.24) is 0 Å². The quantitative estimate of drug-likeness (QED) is 0.765. The number of carbonyl (C=O) groups excluding carboxylic acids is 1. The maximum Gasteiger partial charge on any atom is 0.223 e. The highest BCUT2D eigenvalue weighted by molar-refractivity contribution is 7.80. The number of benzene rings is 2. The normalized spacial score (nSPS) is 10.1. The largest absolute Gasteiger partial charge is 0.332 e. The van der Waals surface area contributed by atoms with Crippen LogP contribution in [0.4, 0.5) is 17.1 Å². The van der Waals surface area contributed by atoms with Crippen molar-refractivity contribution in [3.63, 3.8) is 0 Å². The molecule has 2 aromatic rings. The third-order valence-corrected chi connectivity index (χ3v) is 4.21. The van der Waals surface area contributed by atoms with Crippen molar-refractivity contribution in [1.29, 1.82) is 0 Å². The lowest BCUT2D eigenvalue weighted by molar-refractivity contribution is -0.116. The maximum absolute atomic E-state index is 11.3. The fourth-order valence-electron chi connectivity index (χ4n) is 1.84. The average Bonchev–Trinajstić information content (AvgIpc) is 2.52. The van der Waals surface area contributed by atoms with Gasteiger partial charge in [-0.05, 0) is 48.6 Å². The minimum Gasteiger partial charge on any atom is -0.332 e. The minimum absolute atomic E-state index is 0.0292. The van der Waals surface area contributed by atoms with Gasteiger partial charge in [0.1, 0.15) is 0 Å². The summed E-state index contributed by atoms with van der Waals surface area (Å²) in [6.45, 7) is 1.51. The first kappa shape index (κ1) is 17.5. The fraction of sp³-hybridized carbons (Fsp3) is 0.125. The van der Waals surface area contributed by atoms with Gasteiger partial charge in [-0.15, -0.1) is 0 Å². The zero-order chi connectivity index (χ0) is 17.0. The number of nitrogens with zero attached hydrogens (tertiary/aromatic N) is 1. The summed E-state index contributed by atoms with van der Waals surface area (Å²) < 4.78 is 0. The number of anilines is 3. The molecule has 7 heteroatoms. The smallest absolute Gasteiger partial charge is 0.223 e. The van der Waals surface area contributed by atoms with Crippen LogP contribution < -0.4 is 15.5 Å². The predicted molar refractivity (Wildman–Crippen MR) is 102 cm³/mol. The Morgan fingerprint density at radius 1 is 1.09 bits per heavy atom. The van der Waals surface area contributed by atoms with Gasteiger partial charge in [-0.1, -0.05) is 29.3 Å². The molecule has 0 fully saturated rings. The Bertz CT molecular complexity index is 735. The first-order valence-electron chi connectivity index (χ1n) is 6.75. The second-order valence-electron chi connectivity index (χ2n) is 4.81. The van der Waals surface area contributed by atoms with Gasteiger partial charge in [0.25, 0.3) is 0 Å². The molecule has 2 rings (SSSR count). The molecule has 120 valence electrons. The van der Waals surface area contributed by atoms with Crippen LogP contribution in [-0.2, 0) is 4.79 Å². The van der Waals surface area contributed by atoms with Crippen LogP contribution >= 0.6 is 35.4 Å². The standard InChI is InChI=1S/C16H15Cl2N3OS/c1-10(22)21(2)12-8-6-11(7-9-12)19-16(23)20-14-5-3-4-13(17)15(14)18/h3-9H,1-2H3,(H2,19,20,23). The Morgan fingerprint density at radius 2 is 1.74 bits per heavy atom. The molecule has 0 aliphatic carbocycles. The summed E-state index contributed by atoms with van der Waals surface area (Å²) in [7, 11) is 1.72. The summed E-state index contributed by atoms with van der Waals surface area (Å²) in [5.74, 6) is -0.0292. The molecule has 0 bridgehead atoms. The molecule has 2 N–H and O–H groups in total. The van der Waals surface area contributed by atoms with Crippen molar-refractivity contribution in [2.75, 3.05) is 22.6 Å². The highest BCUT2D eigenvalue weighted by atomic mass is 35.5. The molecular weight excluding hydrogens is 353 g/mol. The molecule has 0 saturated heterocycles. The van der Waals surface area contributed by atoms with Crippen molar-refractivity contribution in [3.8, 4) is 0 Å². The molecule has 2 aromatic carbocycles. The van der Waals surface area contributed by atoms with E-state index in [0.717, 1.165) is 11.4 Å². The zero-order valence-electron chi connectivity index (χ0n) is 12.6.